The summed E-state index contributed by atoms with van der Waals surface area (Å²) < 4.78 is 0. The van der Waals surface area contributed by atoms with Crippen LogP contribution in [-0.2, 0) is 0 Å². The lowest BCUT2D eigenvalue weighted by molar-refractivity contribution is 0.0989. The summed E-state index contributed by atoms with van der Waals surface area (Å²) in [4.78, 5) is 11.5. The zero-order chi connectivity index (χ0) is 10.6. The summed E-state index contributed by atoms with van der Waals surface area (Å²) in [6, 6.07) is 5.63. The molecule has 1 N–H and O–H groups in total. The molecule has 0 aliphatic carbocycles. The van der Waals surface area contributed by atoms with Crippen molar-refractivity contribution in [2.45, 2.75) is 13.3 Å². The van der Waals surface area contributed by atoms with Gasteiger partial charge in [-0.3, -0.25) is 4.79 Å². The average molecular weight is 212 g/mol. The highest BCUT2D eigenvalue weighted by Crippen LogP contribution is 2.16. The number of rotatable bonds is 4. The molecule has 14 heavy (non-hydrogen) atoms. The van der Waals surface area contributed by atoms with Crippen molar-refractivity contribution < 1.29 is 4.79 Å². The van der Waals surface area contributed by atoms with Crippen molar-refractivity contribution in [3.63, 3.8) is 0 Å². The minimum atomic E-state index is 0.103. The van der Waals surface area contributed by atoms with Gasteiger partial charge in [0.15, 0.2) is 5.78 Å². The van der Waals surface area contributed by atoms with Crippen molar-refractivity contribution in [2.75, 3.05) is 18.2 Å². The first-order valence-electron chi connectivity index (χ1n) is 4.56. The van der Waals surface area contributed by atoms with E-state index in [-0.39, 0.29) is 5.78 Å². The molecule has 0 spiro atoms. The number of nitrogens with one attached hydrogen (secondary N) is 1. The van der Waals surface area contributed by atoms with Gasteiger partial charge in [0, 0.05) is 30.6 Å². The molecule has 0 bridgehead atoms. The third-order valence-electron chi connectivity index (χ3n) is 2.14. The van der Waals surface area contributed by atoms with Crippen molar-refractivity contribution in [2.24, 2.45) is 0 Å². The van der Waals surface area contributed by atoms with E-state index in [1.165, 1.54) is 0 Å². The Kier molecular flexibility index (Phi) is 3.96. The predicted molar refractivity (Wildman–Crippen MR) is 60.4 cm³/mol. The Hall–Kier alpha value is -1.02. The van der Waals surface area contributed by atoms with Gasteiger partial charge in [0.05, 0.1) is 0 Å². The predicted octanol–water partition coefficient (Wildman–Crippen LogP) is 2.85. The van der Waals surface area contributed by atoms with Gasteiger partial charge in [0.1, 0.15) is 0 Å². The number of ketones is 1. The molecule has 0 aliphatic heterocycles. The number of hydrogen-bond donors (Lipinski definition) is 1. The summed E-state index contributed by atoms with van der Waals surface area (Å²) in [5, 5.41) is 3.06. The minimum absolute atomic E-state index is 0.103. The van der Waals surface area contributed by atoms with Gasteiger partial charge >= 0.3 is 0 Å². The third kappa shape index (κ3) is 2.48. The van der Waals surface area contributed by atoms with Gasteiger partial charge in [0.2, 0.25) is 0 Å². The van der Waals surface area contributed by atoms with Crippen molar-refractivity contribution >= 4 is 23.1 Å². The van der Waals surface area contributed by atoms with Crippen LogP contribution in [0.4, 0.5) is 5.69 Å². The number of carbonyl (C=O) groups is 1. The number of anilines is 1. The smallest absolute Gasteiger partial charge is 0.164 e. The highest BCUT2D eigenvalue weighted by molar-refractivity contribution is 6.19. The largest absolute Gasteiger partial charge is 0.388 e. The Morgan fingerprint density at radius 1 is 1.50 bits per heavy atom. The Labute approximate surface area is 89.3 Å². The van der Waals surface area contributed by atoms with Crippen LogP contribution in [0.15, 0.2) is 18.2 Å². The standard InChI is InChI=1S/C11H14ClNO/c1-8-7-9(11(14)5-6-12)3-4-10(8)13-2/h3-4,7,13H,5-6H2,1-2H3. The van der Waals surface area contributed by atoms with Crippen LogP contribution in [0.25, 0.3) is 0 Å². The van der Waals surface area contributed by atoms with Crippen LogP contribution in [-0.4, -0.2) is 18.7 Å². The van der Waals surface area contributed by atoms with E-state index in [2.05, 4.69) is 5.32 Å². The molecule has 0 saturated heterocycles. The molecule has 76 valence electrons. The summed E-state index contributed by atoms with van der Waals surface area (Å²) in [5.41, 5.74) is 2.86. The van der Waals surface area contributed by atoms with Crippen LogP contribution < -0.4 is 5.32 Å². The van der Waals surface area contributed by atoms with Gasteiger partial charge < -0.3 is 5.32 Å². The molecule has 0 atom stereocenters. The molecule has 0 saturated carbocycles. The first-order chi connectivity index (χ1) is 6.69. The summed E-state index contributed by atoms with van der Waals surface area (Å²) in [7, 11) is 1.86. The number of aryl methyl sites for hydroxylation is 1. The van der Waals surface area contributed by atoms with E-state index in [1.807, 2.05) is 32.2 Å². The van der Waals surface area contributed by atoms with Crippen LogP contribution in [0, 0.1) is 6.92 Å². The van der Waals surface area contributed by atoms with E-state index in [4.69, 9.17) is 11.6 Å². The highest BCUT2D eigenvalue weighted by atomic mass is 35.5. The molecular weight excluding hydrogens is 198 g/mol. The number of hydrogen-bond acceptors (Lipinski definition) is 2. The maximum absolute atomic E-state index is 11.5. The van der Waals surface area contributed by atoms with Crippen LogP contribution in [0.5, 0.6) is 0 Å². The van der Waals surface area contributed by atoms with Crippen LogP contribution in [0.1, 0.15) is 22.3 Å². The molecule has 0 heterocycles. The molecule has 1 aromatic rings. The molecule has 0 aromatic heterocycles. The number of Topliss-reactive ketones (excluding diaryl/α,β-unsaturated/α-hetero) is 1. The van der Waals surface area contributed by atoms with Crippen LogP contribution in [0.2, 0.25) is 0 Å². The van der Waals surface area contributed by atoms with Gasteiger partial charge in [-0.2, -0.15) is 0 Å². The maximum atomic E-state index is 11.5. The molecule has 1 rings (SSSR count). The molecule has 0 aliphatic rings. The van der Waals surface area contributed by atoms with Crippen molar-refractivity contribution in [1.82, 2.24) is 0 Å². The minimum Gasteiger partial charge on any atom is -0.388 e. The molecule has 2 nitrogen and oxygen atoms in total. The number of carbonyl (C=O) groups excluding carboxylic acids is 1. The number of alkyl halides is 1. The van der Waals surface area contributed by atoms with Crippen molar-refractivity contribution in [3.05, 3.63) is 29.3 Å². The molecule has 0 radical (unpaired) electrons. The zero-order valence-corrected chi connectivity index (χ0v) is 9.19. The summed E-state index contributed by atoms with van der Waals surface area (Å²) in [5.74, 6) is 0.483. The third-order valence-corrected chi connectivity index (χ3v) is 2.33. The fourth-order valence-corrected chi connectivity index (χ4v) is 1.52. The van der Waals surface area contributed by atoms with Crippen LogP contribution in [0.3, 0.4) is 0 Å². The summed E-state index contributed by atoms with van der Waals surface area (Å²) in [6.45, 7) is 1.98. The molecule has 1 aromatic carbocycles. The Balaban J connectivity index is 2.91. The monoisotopic (exact) mass is 211 g/mol. The van der Waals surface area contributed by atoms with Crippen LogP contribution >= 0.6 is 11.6 Å². The maximum Gasteiger partial charge on any atom is 0.164 e. The highest BCUT2D eigenvalue weighted by Gasteiger charge is 2.06. The lowest BCUT2D eigenvalue weighted by Crippen LogP contribution is -2.01. The summed E-state index contributed by atoms with van der Waals surface area (Å²) in [6.07, 6.45) is 0.403. The number of halogens is 1. The van der Waals surface area contributed by atoms with Crippen molar-refractivity contribution in [1.29, 1.82) is 0 Å². The number of benzene rings is 1. The second kappa shape index (κ2) is 5.01. The quantitative estimate of drug-likeness (QED) is 0.613. The van der Waals surface area contributed by atoms with E-state index in [1.54, 1.807) is 0 Å². The lowest BCUT2D eigenvalue weighted by Gasteiger charge is -2.06. The van der Waals surface area contributed by atoms with E-state index >= 15 is 0 Å². The first-order valence-corrected chi connectivity index (χ1v) is 5.10. The topological polar surface area (TPSA) is 29.1 Å². The molecule has 3 heteroatoms. The fourth-order valence-electron chi connectivity index (χ4n) is 1.35. The molecule has 0 fully saturated rings. The van der Waals surface area contributed by atoms with E-state index in [0.717, 1.165) is 16.8 Å². The van der Waals surface area contributed by atoms with Gasteiger partial charge in [-0.1, -0.05) is 0 Å². The van der Waals surface area contributed by atoms with E-state index in [0.29, 0.717) is 12.3 Å². The van der Waals surface area contributed by atoms with Gasteiger partial charge in [-0.25, -0.2) is 0 Å². The molecular formula is C11H14ClNO. The molecule has 0 amide bonds. The lowest BCUT2D eigenvalue weighted by atomic mass is 10.0. The second-order valence-corrected chi connectivity index (χ2v) is 3.52. The molecule has 0 unspecified atom stereocenters. The van der Waals surface area contributed by atoms with E-state index in [9.17, 15) is 4.79 Å². The van der Waals surface area contributed by atoms with Crippen molar-refractivity contribution in [3.8, 4) is 0 Å². The SMILES string of the molecule is CNc1ccc(C(=O)CCCl)cc1C. The first kappa shape index (κ1) is 11.1. The summed E-state index contributed by atoms with van der Waals surface area (Å²) >= 11 is 5.51. The van der Waals surface area contributed by atoms with Gasteiger partial charge in [-0.05, 0) is 30.7 Å². The second-order valence-electron chi connectivity index (χ2n) is 3.14. The zero-order valence-electron chi connectivity index (χ0n) is 8.43. The van der Waals surface area contributed by atoms with Gasteiger partial charge in [-0.15, -0.1) is 11.6 Å². The Morgan fingerprint density at radius 3 is 2.71 bits per heavy atom. The average Bonchev–Trinajstić information content (AvgIpc) is 2.18. The normalized spacial score (nSPS) is 9.93. The Bertz CT molecular complexity index is 336. The van der Waals surface area contributed by atoms with E-state index < -0.39 is 0 Å². The van der Waals surface area contributed by atoms with Gasteiger partial charge in [0.25, 0.3) is 0 Å². The Morgan fingerprint density at radius 2 is 2.21 bits per heavy atom. The fraction of sp³-hybridized carbons (Fsp3) is 0.364.